The predicted octanol–water partition coefficient (Wildman–Crippen LogP) is 4.04. The first kappa shape index (κ1) is 29.5. The SMILES string of the molecule is O=C(NCc1cccc(F)n1)c1ccc(CNc2c(Cl)ccc3c2CCNCC3)cc1.O=C(O)CCC(=O)O. The molecule has 1 aliphatic rings. The van der Waals surface area contributed by atoms with Gasteiger partial charge in [-0.25, -0.2) is 4.98 Å². The lowest BCUT2D eigenvalue weighted by atomic mass is 10.0. The number of amides is 1. The number of nitrogens with one attached hydrogen (secondary N) is 3. The van der Waals surface area contributed by atoms with Gasteiger partial charge in [0.05, 0.1) is 35.8 Å². The summed E-state index contributed by atoms with van der Waals surface area (Å²) in [4.78, 5) is 35.4. The molecule has 1 aromatic heterocycles. The molecule has 0 radical (unpaired) electrons. The molecule has 39 heavy (non-hydrogen) atoms. The number of halogens is 2. The van der Waals surface area contributed by atoms with Crippen LogP contribution in [0.3, 0.4) is 0 Å². The minimum absolute atomic E-state index is 0.173. The number of nitrogens with zero attached hydrogens (tertiary/aromatic N) is 1. The zero-order valence-electron chi connectivity index (χ0n) is 21.2. The van der Waals surface area contributed by atoms with Crippen LogP contribution in [0.2, 0.25) is 5.02 Å². The van der Waals surface area contributed by atoms with Crippen LogP contribution in [0.4, 0.5) is 10.1 Å². The number of carboxylic acids is 2. The molecule has 0 aliphatic carbocycles. The Morgan fingerprint density at radius 2 is 1.62 bits per heavy atom. The van der Waals surface area contributed by atoms with Crippen LogP contribution in [0.25, 0.3) is 0 Å². The quantitative estimate of drug-likeness (QED) is 0.249. The minimum atomic E-state index is -1.08. The lowest BCUT2D eigenvalue weighted by molar-refractivity contribution is -0.143. The van der Waals surface area contributed by atoms with Crippen molar-refractivity contribution in [3.05, 3.63) is 93.5 Å². The molecule has 0 fully saturated rings. The number of hydrogen-bond acceptors (Lipinski definition) is 6. The number of benzene rings is 2. The number of carbonyl (C=O) groups excluding carboxylic acids is 1. The van der Waals surface area contributed by atoms with Crippen LogP contribution in [0.15, 0.2) is 54.6 Å². The molecule has 1 aliphatic heterocycles. The van der Waals surface area contributed by atoms with Gasteiger partial charge in [0, 0.05) is 12.1 Å². The first-order valence-electron chi connectivity index (χ1n) is 12.4. The maximum atomic E-state index is 13.2. The van der Waals surface area contributed by atoms with Crippen molar-refractivity contribution in [3.8, 4) is 0 Å². The monoisotopic (exact) mass is 556 g/mol. The van der Waals surface area contributed by atoms with E-state index < -0.39 is 17.9 Å². The molecule has 0 bridgehead atoms. The lowest BCUT2D eigenvalue weighted by Gasteiger charge is -2.16. The van der Waals surface area contributed by atoms with Gasteiger partial charge in [-0.15, -0.1) is 0 Å². The van der Waals surface area contributed by atoms with Gasteiger partial charge in [-0.1, -0.05) is 35.9 Å². The highest BCUT2D eigenvalue weighted by molar-refractivity contribution is 6.33. The minimum Gasteiger partial charge on any atom is -0.481 e. The second-order valence-corrected chi connectivity index (χ2v) is 9.19. The summed E-state index contributed by atoms with van der Waals surface area (Å²) in [6.45, 7) is 2.70. The van der Waals surface area contributed by atoms with Crippen molar-refractivity contribution in [1.82, 2.24) is 15.6 Å². The Morgan fingerprint density at radius 3 is 2.28 bits per heavy atom. The van der Waals surface area contributed by atoms with Gasteiger partial charge in [0.1, 0.15) is 0 Å². The molecule has 5 N–H and O–H groups in total. The molecule has 0 unspecified atom stereocenters. The maximum Gasteiger partial charge on any atom is 0.303 e. The van der Waals surface area contributed by atoms with Gasteiger partial charge in [-0.3, -0.25) is 14.4 Å². The van der Waals surface area contributed by atoms with E-state index in [4.69, 9.17) is 21.8 Å². The molecule has 2 heterocycles. The molecule has 0 saturated heterocycles. The first-order valence-corrected chi connectivity index (χ1v) is 12.8. The van der Waals surface area contributed by atoms with Crippen LogP contribution in [0.5, 0.6) is 0 Å². The summed E-state index contributed by atoms with van der Waals surface area (Å²) in [6, 6.07) is 16.0. The van der Waals surface area contributed by atoms with Crippen molar-refractivity contribution in [2.75, 3.05) is 18.4 Å². The van der Waals surface area contributed by atoms with Crippen molar-refractivity contribution in [2.24, 2.45) is 0 Å². The third-order valence-electron chi connectivity index (χ3n) is 5.92. The first-order chi connectivity index (χ1) is 18.7. The fourth-order valence-electron chi connectivity index (χ4n) is 3.93. The van der Waals surface area contributed by atoms with Crippen LogP contribution < -0.4 is 16.0 Å². The fraction of sp³-hybridized carbons (Fsp3) is 0.286. The van der Waals surface area contributed by atoms with E-state index >= 15 is 0 Å². The predicted molar refractivity (Wildman–Crippen MR) is 145 cm³/mol. The highest BCUT2D eigenvalue weighted by Crippen LogP contribution is 2.31. The van der Waals surface area contributed by atoms with Gasteiger partial charge < -0.3 is 26.2 Å². The van der Waals surface area contributed by atoms with E-state index in [1.807, 2.05) is 18.2 Å². The highest BCUT2D eigenvalue weighted by Gasteiger charge is 2.15. The largest absolute Gasteiger partial charge is 0.481 e. The number of aliphatic carboxylic acids is 2. The van der Waals surface area contributed by atoms with Gasteiger partial charge in [-0.05, 0) is 73.0 Å². The van der Waals surface area contributed by atoms with Gasteiger partial charge >= 0.3 is 11.9 Å². The van der Waals surface area contributed by atoms with E-state index in [9.17, 15) is 18.8 Å². The standard InChI is InChI=1S/C24H24ClFN4O.C4H6O4/c25-21-9-8-17-10-12-27-13-11-20(17)23(21)28-14-16-4-6-18(7-5-16)24(31)29-15-19-2-1-3-22(26)30-19;5-3(6)1-2-4(7)8/h1-9,27-28H,10-15H2,(H,29,31);1-2H2,(H,5,6)(H,7,8). The van der Waals surface area contributed by atoms with Gasteiger partial charge in [0.2, 0.25) is 5.95 Å². The average molecular weight is 557 g/mol. The molecular formula is C28H30ClFN4O5. The number of anilines is 1. The number of rotatable bonds is 9. The molecule has 3 aromatic rings. The fourth-order valence-corrected chi connectivity index (χ4v) is 4.18. The van der Waals surface area contributed by atoms with Crippen LogP contribution in [-0.4, -0.2) is 46.1 Å². The lowest BCUT2D eigenvalue weighted by Crippen LogP contribution is -2.23. The zero-order valence-corrected chi connectivity index (χ0v) is 21.9. The van der Waals surface area contributed by atoms with E-state index in [-0.39, 0.29) is 25.3 Å². The summed E-state index contributed by atoms with van der Waals surface area (Å²) >= 11 is 6.48. The third-order valence-corrected chi connectivity index (χ3v) is 6.24. The van der Waals surface area contributed by atoms with E-state index in [2.05, 4.69) is 27.0 Å². The number of aromatic nitrogens is 1. The second kappa shape index (κ2) is 14.8. The summed E-state index contributed by atoms with van der Waals surface area (Å²) in [5.74, 6) is -2.94. The molecule has 4 rings (SSSR count). The van der Waals surface area contributed by atoms with Crippen LogP contribution in [0.1, 0.15) is 45.6 Å². The highest BCUT2D eigenvalue weighted by atomic mass is 35.5. The van der Waals surface area contributed by atoms with Crippen molar-refractivity contribution in [1.29, 1.82) is 0 Å². The summed E-state index contributed by atoms with van der Waals surface area (Å²) < 4.78 is 13.2. The molecule has 11 heteroatoms. The number of fused-ring (bicyclic) bond motifs is 1. The maximum absolute atomic E-state index is 13.2. The van der Waals surface area contributed by atoms with Gasteiger partial charge in [-0.2, -0.15) is 4.39 Å². The van der Waals surface area contributed by atoms with Gasteiger partial charge in [0.15, 0.2) is 0 Å². The number of pyridine rings is 1. The molecule has 0 atom stereocenters. The molecule has 0 saturated carbocycles. The van der Waals surface area contributed by atoms with Crippen molar-refractivity contribution in [2.45, 2.75) is 38.8 Å². The number of hydrogen-bond donors (Lipinski definition) is 5. The number of carboxylic acid groups (broad SMARTS) is 2. The molecule has 0 spiro atoms. The zero-order chi connectivity index (χ0) is 28.2. The van der Waals surface area contributed by atoms with Crippen LogP contribution in [0, 0.1) is 5.95 Å². The molecular weight excluding hydrogens is 527 g/mol. The van der Waals surface area contributed by atoms with Crippen LogP contribution >= 0.6 is 11.6 Å². The van der Waals surface area contributed by atoms with Crippen molar-refractivity contribution in [3.63, 3.8) is 0 Å². The number of carbonyl (C=O) groups is 3. The Balaban J connectivity index is 0.000000459. The smallest absolute Gasteiger partial charge is 0.303 e. The summed E-state index contributed by atoms with van der Waals surface area (Å²) in [7, 11) is 0. The van der Waals surface area contributed by atoms with Crippen molar-refractivity contribution >= 4 is 35.1 Å². The van der Waals surface area contributed by atoms with E-state index in [1.165, 1.54) is 17.2 Å². The summed E-state index contributed by atoms with van der Waals surface area (Å²) in [6.07, 6.45) is 1.35. The Morgan fingerprint density at radius 1 is 0.923 bits per heavy atom. The van der Waals surface area contributed by atoms with E-state index in [0.29, 0.717) is 17.8 Å². The van der Waals surface area contributed by atoms with Gasteiger partial charge in [0.25, 0.3) is 5.91 Å². The van der Waals surface area contributed by atoms with E-state index in [1.54, 1.807) is 24.3 Å². The normalized spacial score (nSPS) is 12.3. The summed E-state index contributed by atoms with van der Waals surface area (Å²) in [5, 5.41) is 26.2. The molecule has 1 amide bonds. The molecule has 206 valence electrons. The Bertz CT molecular complexity index is 1290. The Kier molecular flexibility index (Phi) is 11.2. The summed E-state index contributed by atoms with van der Waals surface area (Å²) in [5.41, 5.74) is 5.66. The topological polar surface area (TPSA) is 141 Å². The molecule has 9 nitrogen and oxygen atoms in total. The Labute approximate surface area is 230 Å². The average Bonchev–Trinajstić information content (AvgIpc) is 3.16. The third kappa shape index (κ3) is 9.66. The van der Waals surface area contributed by atoms with Crippen LogP contribution in [-0.2, 0) is 35.5 Å². The molecule has 2 aromatic carbocycles. The Hall–Kier alpha value is -4.02. The van der Waals surface area contributed by atoms with Crippen molar-refractivity contribution < 1.29 is 29.0 Å². The van der Waals surface area contributed by atoms with E-state index in [0.717, 1.165) is 42.2 Å². The second-order valence-electron chi connectivity index (χ2n) is 8.78.